The van der Waals surface area contributed by atoms with Gasteiger partial charge in [0.05, 0.1) is 16.8 Å². The van der Waals surface area contributed by atoms with Gasteiger partial charge in [-0.1, -0.05) is 126 Å². The molecule has 1 aromatic heterocycles. The van der Waals surface area contributed by atoms with Crippen LogP contribution in [0.15, 0.2) is 121 Å². The highest BCUT2D eigenvalue weighted by Crippen LogP contribution is 2.35. The van der Waals surface area contributed by atoms with Crippen LogP contribution < -0.4 is 10.9 Å². The number of halogens is 3. The monoisotopic (exact) mass is 463 g/mol. The molecule has 0 amide bonds. The molecule has 0 unspecified atom stereocenters. The van der Waals surface area contributed by atoms with Gasteiger partial charge in [0.15, 0.2) is 0 Å². The molecule has 0 saturated heterocycles. The highest BCUT2D eigenvalue weighted by atomic mass is 19.4. The van der Waals surface area contributed by atoms with E-state index in [4.69, 9.17) is 0 Å². The van der Waals surface area contributed by atoms with Crippen molar-refractivity contribution in [3.63, 3.8) is 0 Å². The van der Waals surface area contributed by atoms with Crippen LogP contribution in [0.25, 0.3) is 22.5 Å². The number of pyridine rings is 1. The average Bonchev–Trinajstić information content (AvgIpc) is 2.89. The Kier molecular flexibility index (Phi) is 6.24. The van der Waals surface area contributed by atoms with E-state index in [-0.39, 0.29) is 17.8 Å². The molecule has 0 spiro atoms. The van der Waals surface area contributed by atoms with Crippen molar-refractivity contribution >= 4 is 40.1 Å². The molecule has 4 aromatic carbocycles. The predicted molar refractivity (Wildman–Crippen MR) is 139 cm³/mol. The van der Waals surface area contributed by atoms with E-state index < -0.39 is 11.7 Å². The molecule has 0 saturated carbocycles. The highest BCUT2D eigenvalue weighted by Gasteiger charge is 2.33. The number of benzene rings is 4. The van der Waals surface area contributed by atoms with E-state index in [9.17, 15) is 13.2 Å². The van der Waals surface area contributed by atoms with Crippen LogP contribution in [0.4, 0.5) is 13.2 Å². The number of alkyl halides is 3. The first-order chi connectivity index (χ1) is 17.0. The maximum atomic E-state index is 14.0. The Morgan fingerprint density at radius 2 is 1.17 bits per heavy atom. The summed E-state index contributed by atoms with van der Waals surface area (Å²) in [6, 6.07) is 37.3. The predicted octanol–water partition coefficient (Wildman–Crippen LogP) is 6.64. The molecule has 0 fully saturated rings. The Bertz CT molecular complexity index is 1420. The van der Waals surface area contributed by atoms with E-state index in [1.807, 2.05) is 91.0 Å². The van der Waals surface area contributed by atoms with Gasteiger partial charge in [0.2, 0.25) is 6.71 Å². The Morgan fingerprint density at radius 1 is 0.657 bits per heavy atom. The molecule has 170 valence electrons. The fraction of sp³-hybridized carbons (Fsp3) is 0.0333. The van der Waals surface area contributed by atoms with Gasteiger partial charge in [-0.2, -0.15) is 13.2 Å². The molecule has 0 bridgehead atoms. The standard InChI is InChI=1S/C30H21BF3N/c32-30(33,34)27-20-25(35-29-19-11-10-18-26(27)29)21-28(22-12-4-1-5-13-22)31(23-14-6-2-7-15-23)24-16-8-3-9-17-24/h1-21H. The Labute approximate surface area is 202 Å². The fourth-order valence-electron chi connectivity index (χ4n) is 4.47. The first-order valence-electron chi connectivity index (χ1n) is 11.3. The molecule has 1 heterocycles. The van der Waals surface area contributed by atoms with E-state index in [0.29, 0.717) is 5.52 Å². The number of aromatic nitrogens is 1. The lowest BCUT2D eigenvalue weighted by Gasteiger charge is -2.20. The second-order valence-corrected chi connectivity index (χ2v) is 8.33. The number of fused-ring (bicyclic) bond motifs is 1. The lowest BCUT2D eigenvalue weighted by molar-refractivity contribution is -0.136. The summed E-state index contributed by atoms with van der Waals surface area (Å²) in [6.45, 7) is -0.192. The summed E-state index contributed by atoms with van der Waals surface area (Å²) in [4.78, 5) is 4.61. The van der Waals surface area contributed by atoms with Gasteiger partial charge in [-0.15, -0.1) is 0 Å². The summed E-state index contributed by atoms with van der Waals surface area (Å²) in [5.41, 5.74) is 3.80. The van der Waals surface area contributed by atoms with Gasteiger partial charge in [0.1, 0.15) is 0 Å². The van der Waals surface area contributed by atoms with Crippen molar-refractivity contribution in [2.75, 3.05) is 0 Å². The summed E-state index contributed by atoms with van der Waals surface area (Å²) in [5.74, 6) is 0. The van der Waals surface area contributed by atoms with Gasteiger partial charge in [-0.25, -0.2) is 4.98 Å². The highest BCUT2D eigenvalue weighted by molar-refractivity contribution is 7.00. The van der Waals surface area contributed by atoms with Crippen molar-refractivity contribution in [1.29, 1.82) is 0 Å². The lowest BCUT2D eigenvalue weighted by atomic mass is 9.35. The largest absolute Gasteiger partial charge is 0.417 e. The smallest absolute Gasteiger partial charge is 0.248 e. The molecule has 0 aliphatic heterocycles. The van der Waals surface area contributed by atoms with Crippen LogP contribution in [-0.4, -0.2) is 11.7 Å². The summed E-state index contributed by atoms with van der Waals surface area (Å²) in [5, 5.41) is 0.0982. The zero-order chi connectivity index (χ0) is 24.3. The topological polar surface area (TPSA) is 12.9 Å². The van der Waals surface area contributed by atoms with Crippen molar-refractivity contribution in [3.05, 3.63) is 138 Å². The van der Waals surface area contributed by atoms with E-state index in [1.54, 1.807) is 24.3 Å². The zero-order valence-electron chi connectivity index (χ0n) is 18.8. The van der Waals surface area contributed by atoms with Crippen molar-refractivity contribution in [2.24, 2.45) is 0 Å². The van der Waals surface area contributed by atoms with Crippen LogP contribution in [0.1, 0.15) is 16.8 Å². The van der Waals surface area contributed by atoms with Crippen LogP contribution >= 0.6 is 0 Å². The molecule has 0 aliphatic rings. The summed E-state index contributed by atoms with van der Waals surface area (Å²) in [6.07, 6.45) is -2.70. The van der Waals surface area contributed by atoms with Crippen molar-refractivity contribution < 1.29 is 13.2 Å². The molecule has 35 heavy (non-hydrogen) atoms. The molecule has 5 rings (SSSR count). The Morgan fingerprint density at radius 3 is 1.74 bits per heavy atom. The van der Waals surface area contributed by atoms with Crippen LogP contribution in [-0.2, 0) is 6.18 Å². The molecular weight excluding hydrogens is 442 g/mol. The molecule has 5 aromatic rings. The van der Waals surface area contributed by atoms with E-state index in [1.165, 1.54) is 6.07 Å². The first-order valence-corrected chi connectivity index (χ1v) is 11.3. The van der Waals surface area contributed by atoms with Gasteiger partial charge in [0.25, 0.3) is 0 Å². The lowest BCUT2D eigenvalue weighted by Crippen LogP contribution is -2.43. The molecule has 5 heteroatoms. The maximum Gasteiger partial charge on any atom is 0.417 e. The summed E-state index contributed by atoms with van der Waals surface area (Å²) < 4.78 is 42.0. The molecule has 0 N–H and O–H groups in total. The molecule has 0 radical (unpaired) electrons. The van der Waals surface area contributed by atoms with Crippen LogP contribution in [0, 0.1) is 0 Å². The SMILES string of the molecule is FC(F)(F)c1cc(C=C(B(c2ccccc2)c2ccccc2)c2ccccc2)nc2ccccc12. The van der Waals surface area contributed by atoms with Gasteiger partial charge in [-0.3, -0.25) is 0 Å². The maximum absolute atomic E-state index is 14.0. The average molecular weight is 463 g/mol. The van der Waals surface area contributed by atoms with E-state index in [2.05, 4.69) is 4.98 Å². The first kappa shape index (κ1) is 22.7. The van der Waals surface area contributed by atoms with Gasteiger partial charge in [0, 0.05) is 5.39 Å². The molecular formula is C30H21BF3N. The van der Waals surface area contributed by atoms with Gasteiger partial charge in [-0.05, 0) is 23.8 Å². The minimum atomic E-state index is -4.49. The Balaban J connectivity index is 1.78. The number of rotatable bonds is 5. The summed E-state index contributed by atoms with van der Waals surface area (Å²) >= 11 is 0. The third-order valence-corrected chi connectivity index (χ3v) is 6.03. The molecule has 0 aliphatic carbocycles. The third kappa shape index (κ3) is 4.90. The molecule has 1 nitrogen and oxygen atoms in total. The van der Waals surface area contributed by atoms with Crippen LogP contribution in [0.2, 0.25) is 0 Å². The second kappa shape index (κ2) is 9.63. The van der Waals surface area contributed by atoms with Crippen LogP contribution in [0.3, 0.4) is 0 Å². The van der Waals surface area contributed by atoms with E-state index >= 15 is 0 Å². The molecule has 0 atom stereocenters. The van der Waals surface area contributed by atoms with Crippen molar-refractivity contribution in [1.82, 2.24) is 4.98 Å². The van der Waals surface area contributed by atoms with Crippen LogP contribution in [0.5, 0.6) is 0 Å². The zero-order valence-corrected chi connectivity index (χ0v) is 18.8. The van der Waals surface area contributed by atoms with Gasteiger partial charge < -0.3 is 0 Å². The Hall–Kier alpha value is -4.12. The van der Waals surface area contributed by atoms with Gasteiger partial charge >= 0.3 is 6.18 Å². The number of para-hydroxylation sites is 1. The van der Waals surface area contributed by atoms with Crippen molar-refractivity contribution in [3.8, 4) is 0 Å². The fourth-order valence-corrected chi connectivity index (χ4v) is 4.47. The number of nitrogens with zero attached hydrogens (tertiary/aromatic N) is 1. The number of hydrogen-bond acceptors (Lipinski definition) is 1. The minimum Gasteiger partial charge on any atom is -0.248 e. The normalized spacial score (nSPS) is 12.0. The van der Waals surface area contributed by atoms with Crippen molar-refractivity contribution in [2.45, 2.75) is 6.18 Å². The van der Waals surface area contributed by atoms with E-state index in [0.717, 1.165) is 28.0 Å². The summed E-state index contributed by atoms with van der Waals surface area (Å²) in [7, 11) is 0. The third-order valence-electron chi connectivity index (χ3n) is 6.03. The minimum absolute atomic E-state index is 0.0982. The quantitative estimate of drug-likeness (QED) is 0.266. The second-order valence-electron chi connectivity index (χ2n) is 8.33. The number of hydrogen-bond donors (Lipinski definition) is 0.